The van der Waals surface area contributed by atoms with E-state index < -0.39 is 5.91 Å². The lowest BCUT2D eigenvalue weighted by Crippen LogP contribution is -2.42. The molecule has 0 bridgehead atoms. The summed E-state index contributed by atoms with van der Waals surface area (Å²) in [5.41, 5.74) is 5.81. The standard InChI is InChI=1S/C18H19ClN2O4/c1-3-25-14-7-4-12(5-8-14)10-17(22)20-21-18(23)15-9-6-13(19)11-16(15)24-2/h4-9,11H,3,10H2,1-2H3,(H,20,22)(H,21,23). The van der Waals surface area contributed by atoms with Crippen LogP contribution >= 0.6 is 11.6 Å². The minimum Gasteiger partial charge on any atom is -0.496 e. The molecule has 2 amide bonds. The predicted octanol–water partition coefficient (Wildman–Crippen LogP) is 2.75. The van der Waals surface area contributed by atoms with Crippen molar-refractivity contribution in [2.24, 2.45) is 0 Å². The van der Waals surface area contributed by atoms with Crippen LogP contribution in [0.4, 0.5) is 0 Å². The zero-order valence-electron chi connectivity index (χ0n) is 14.0. The van der Waals surface area contributed by atoms with Crippen molar-refractivity contribution < 1.29 is 19.1 Å². The summed E-state index contributed by atoms with van der Waals surface area (Å²) in [7, 11) is 1.44. The van der Waals surface area contributed by atoms with Gasteiger partial charge in [-0.3, -0.25) is 20.4 Å². The van der Waals surface area contributed by atoms with Crippen LogP contribution in [0.25, 0.3) is 0 Å². The van der Waals surface area contributed by atoms with Gasteiger partial charge in [0.2, 0.25) is 5.91 Å². The van der Waals surface area contributed by atoms with E-state index in [4.69, 9.17) is 21.1 Å². The maximum Gasteiger partial charge on any atom is 0.273 e. The van der Waals surface area contributed by atoms with Gasteiger partial charge in [0.25, 0.3) is 5.91 Å². The van der Waals surface area contributed by atoms with E-state index in [2.05, 4.69) is 10.9 Å². The Morgan fingerprint density at radius 3 is 2.44 bits per heavy atom. The Kier molecular flexibility index (Phi) is 6.65. The Balaban J connectivity index is 1.90. The monoisotopic (exact) mass is 362 g/mol. The molecule has 25 heavy (non-hydrogen) atoms. The van der Waals surface area contributed by atoms with Crippen LogP contribution in [0.1, 0.15) is 22.8 Å². The highest BCUT2D eigenvalue weighted by Crippen LogP contribution is 2.22. The number of hydrazine groups is 1. The second-order valence-corrected chi connectivity index (χ2v) is 5.54. The minimum absolute atomic E-state index is 0.129. The van der Waals surface area contributed by atoms with Gasteiger partial charge in [-0.1, -0.05) is 23.7 Å². The fourth-order valence-corrected chi connectivity index (χ4v) is 2.31. The number of hydrogen-bond acceptors (Lipinski definition) is 4. The van der Waals surface area contributed by atoms with Gasteiger partial charge in [0.05, 0.1) is 25.7 Å². The van der Waals surface area contributed by atoms with Crippen molar-refractivity contribution in [2.75, 3.05) is 13.7 Å². The van der Waals surface area contributed by atoms with Crippen LogP contribution in [-0.2, 0) is 11.2 Å². The summed E-state index contributed by atoms with van der Waals surface area (Å²) in [4.78, 5) is 24.1. The second kappa shape index (κ2) is 8.94. The highest BCUT2D eigenvalue weighted by molar-refractivity contribution is 6.30. The number of benzene rings is 2. The Morgan fingerprint density at radius 1 is 1.08 bits per heavy atom. The van der Waals surface area contributed by atoms with Crippen LogP contribution < -0.4 is 20.3 Å². The van der Waals surface area contributed by atoms with E-state index in [9.17, 15) is 9.59 Å². The van der Waals surface area contributed by atoms with Crippen LogP contribution in [0.2, 0.25) is 5.02 Å². The molecule has 0 atom stereocenters. The molecule has 0 radical (unpaired) electrons. The van der Waals surface area contributed by atoms with Crippen LogP contribution in [-0.4, -0.2) is 25.5 Å². The molecule has 2 rings (SSSR count). The fourth-order valence-electron chi connectivity index (χ4n) is 2.15. The van der Waals surface area contributed by atoms with E-state index in [1.807, 2.05) is 6.92 Å². The minimum atomic E-state index is -0.492. The van der Waals surface area contributed by atoms with Crippen molar-refractivity contribution in [3.05, 3.63) is 58.6 Å². The van der Waals surface area contributed by atoms with Crippen molar-refractivity contribution >= 4 is 23.4 Å². The molecular formula is C18H19ClN2O4. The normalized spacial score (nSPS) is 10.0. The van der Waals surface area contributed by atoms with Gasteiger partial charge in [-0.15, -0.1) is 0 Å². The number of rotatable bonds is 6. The number of ether oxygens (including phenoxy) is 2. The Labute approximate surface area is 151 Å². The average molecular weight is 363 g/mol. The van der Waals surface area contributed by atoms with E-state index in [0.29, 0.717) is 17.4 Å². The van der Waals surface area contributed by atoms with Crippen molar-refractivity contribution in [1.82, 2.24) is 10.9 Å². The van der Waals surface area contributed by atoms with Gasteiger partial charge in [-0.25, -0.2) is 0 Å². The van der Waals surface area contributed by atoms with Crippen LogP contribution in [0, 0.1) is 0 Å². The number of carbonyl (C=O) groups excluding carboxylic acids is 2. The first-order valence-electron chi connectivity index (χ1n) is 7.68. The molecule has 0 saturated carbocycles. The Hall–Kier alpha value is -2.73. The SMILES string of the molecule is CCOc1ccc(CC(=O)NNC(=O)c2ccc(Cl)cc2OC)cc1. The lowest BCUT2D eigenvalue weighted by Gasteiger charge is -2.11. The zero-order valence-corrected chi connectivity index (χ0v) is 14.7. The molecule has 0 aliphatic carbocycles. The lowest BCUT2D eigenvalue weighted by atomic mass is 10.1. The summed E-state index contributed by atoms with van der Waals surface area (Å²) >= 11 is 5.86. The quantitative estimate of drug-likeness (QED) is 0.775. The van der Waals surface area contributed by atoms with Gasteiger partial charge in [-0.05, 0) is 42.8 Å². The van der Waals surface area contributed by atoms with Crippen molar-refractivity contribution in [3.63, 3.8) is 0 Å². The molecule has 0 saturated heterocycles. The number of methoxy groups -OCH3 is 1. The number of hydrogen-bond donors (Lipinski definition) is 2. The molecule has 0 heterocycles. The third kappa shape index (κ3) is 5.39. The smallest absolute Gasteiger partial charge is 0.273 e. The van der Waals surface area contributed by atoms with Crippen molar-refractivity contribution in [2.45, 2.75) is 13.3 Å². The first kappa shape index (κ1) is 18.6. The molecule has 132 valence electrons. The molecule has 2 N–H and O–H groups in total. The predicted molar refractivity (Wildman–Crippen MR) is 94.9 cm³/mol. The first-order valence-corrected chi connectivity index (χ1v) is 8.05. The molecule has 0 fully saturated rings. The van der Waals surface area contributed by atoms with Crippen molar-refractivity contribution in [3.8, 4) is 11.5 Å². The molecule has 6 nitrogen and oxygen atoms in total. The maximum absolute atomic E-state index is 12.1. The number of nitrogens with one attached hydrogen (secondary N) is 2. The topological polar surface area (TPSA) is 76.7 Å². The molecule has 7 heteroatoms. The third-order valence-corrected chi connectivity index (χ3v) is 3.56. The van der Waals surface area contributed by atoms with Gasteiger partial charge >= 0.3 is 0 Å². The number of carbonyl (C=O) groups is 2. The molecule has 2 aromatic rings. The largest absolute Gasteiger partial charge is 0.496 e. The van der Waals surface area contributed by atoms with Crippen molar-refractivity contribution in [1.29, 1.82) is 0 Å². The van der Waals surface area contributed by atoms with Gasteiger partial charge < -0.3 is 9.47 Å². The van der Waals surface area contributed by atoms with E-state index in [1.165, 1.54) is 19.2 Å². The second-order valence-electron chi connectivity index (χ2n) is 5.10. The van der Waals surface area contributed by atoms with Crippen LogP contribution in [0.15, 0.2) is 42.5 Å². The number of amides is 2. The average Bonchev–Trinajstić information content (AvgIpc) is 2.61. The van der Waals surface area contributed by atoms with Gasteiger partial charge in [0, 0.05) is 5.02 Å². The summed E-state index contributed by atoms with van der Waals surface area (Å²) in [6.45, 7) is 2.49. The first-order chi connectivity index (χ1) is 12.0. The summed E-state index contributed by atoms with van der Waals surface area (Å²) in [5, 5.41) is 0.452. The summed E-state index contributed by atoms with van der Waals surface area (Å²) in [5.74, 6) is 0.236. The molecule has 0 aromatic heterocycles. The van der Waals surface area contributed by atoms with E-state index >= 15 is 0 Å². The van der Waals surface area contributed by atoms with E-state index in [-0.39, 0.29) is 17.9 Å². The third-order valence-electron chi connectivity index (χ3n) is 3.32. The Bertz CT molecular complexity index is 747. The molecule has 0 spiro atoms. The van der Waals surface area contributed by atoms with Gasteiger partial charge in [-0.2, -0.15) is 0 Å². The molecule has 0 aliphatic rings. The van der Waals surface area contributed by atoms with Gasteiger partial charge in [0.1, 0.15) is 11.5 Å². The highest BCUT2D eigenvalue weighted by atomic mass is 35.5. The maximum atomic E-state index is 12.1. The van der Waals surface area contributed by atoms with Crippen LogP contribution in [0.3, 0.4) is 0 Å². The van der Waals surface area contributed by atoms with Crippen LogP contribution in [0.5, 0.6) is 11.5 Å². The zero-order chi connectivity index (χ0) is 18.2. The Morgan fingerprint density at radius 2 is 1.80 bits per heavy atom. The number of halogens is 1. The summed E-state index contributed by atoms with van der Waals surface area (Å²) in [6.07, 6.45) is 0.129. The molecule has 2 aromatic carbocycles. The molecular weight excluding hydrogens is 344 g/mol. The lowest BCUT2D eigenvalue weighted by molar-refractivity contribution is -0.121. The van der Waals surface area contributed by atoms with Gasteiger partial charge in [0.15, 0.2) is 0 Å². The molecule has 0 aliphatic heterocycles. The highest BCUT2D eigenvalue weighted by Gasteiger charge is 2.13. The van der Waals surface area contributed by atoms with E-state index in [1.54, 1.807) is 30.3 Å². The fraction of sp³-hybridized carbons (Fsp3) is 0.222. The molecule has 0 unspecified atom stereocenters. The van der Waals surface area contributed by atoms with E-state index in [0.717, 1.165) is 11.3 Å². The summed E-state index contributed by atoms with van der Waals surface area (Å²) < 4.78 is 10.5. The summed E-state index contributed by atoms with van der Waals surface area (Å²) in [6, 6.07) is 11.8.